The highest BCUT2D eigenvalue weighted by molar-refractivity contribution is 7.90. The van der Waals surface area contributed by atoms with E-state index in [1.165, 1.54) is 6.26 Å². The first-order chi connectivity index (χ1) is 8.35. The van der Waals surface area contributed by atoms with Crippen molar-refractivity contribution < 1.29 is 8.42 Å². The molecule has 0 radical (unpaired) electrons. The van der Waals surface area contributed by atoms with Crippen LogP contribution in [0.25, 0.3) is 0 Å². The zero-order valence-corrected chi connectivity index (χ0v) is 12.2. The lowest BCUT2D eigenvalue weighted by molar-refractivity contribution is 0.264. The SMILES string of the molecule is CN(CCS(C)(=O)=O)C(CN)c1ccccc1Cl. The van der Waals surface area contributed by atoms with E-state index in [9.17, 15) is 8.42 Å². The van der Waals surface area contributed by atoms with Crippen molar-refractivity contribution in [2.45, 2.75) is 6.04 Å². The van der Waals surface area contributed by atoms with E-state index in [1.54, 1.807) is 0 Å². The molecule has 0 aliphatic carbocycles. The number of benzene rings is 1. The molecule has 0 heterocycles. The van der Waals surface area contributed by atoms with Crippen molar-refractivity contribution in [2.75, 3.05) is 32.1 Å². The Kier molecular flexibility index (Phi) is 5.59. The fourth-order valence-corrected chi connectivity index (χ4v) is 2.64. The second kappa shape index (κ2) is 6.52. The average molecular weight is 291 g/mol. The summed E-state index contributed by atoms with van der Waals surface area (Å²) >= 11 is 6.13. The molecule has 1 atom stereocenters. The number of rotatable bonds is 6. The Bertz CT molecular complexity index is 491. The summed E-state index contributed by atoms with van der Waals surface area (Å²) in [6.45, 7) is 0.829. The summed E-state index contributed by atoms with van der Waals surface area (Å²) in [5.74, 6) is 0.116. The minimum Gasteiger partial charge on any atom is -0.329 e. The number of hydrogen-bond donors (Lipinski definition) is 1. The fourth-order valence-electron chi connectivity index (χ4n) is 1.76. The molecule has 6 heteroatoms. The molecule has 2 N–H and O–H groups in total. The van der Waals surface area contributed by atoms with Crippen LogP contribution in [0.3, 0.4) is 0 Å². The number of sulfone groups is 1. The predicted molar refractivity (Wildman–Crippen MR) is 75.6 cm³/mol. The van der Waals surface area contributed by atoms with Gasteiger partial charge in [-0.15, -0.1) is 0 Å². The van der Waals surface area contributed by atoms with E-state index in [4.69, 9.17) is 17.3 Å². The van der Waals surface area contributed by atoms with Crippen LogP contribution in [0.4, 0.5) is 0 Å². The van der Waals surface area contributed by atoms with Crippen LogP contribution in [0.1, 0.15) is 11.6 Å². The molecule has 0 bridgehead atoms. The molecule has 0 saturated heterocycles. The van der Waals surface area contributed by atoms with Crippen molar-refractivity contribution >= 4 is 21.4 Å². The standard InChI is InChI=1S/C12H19ClN2O2S/c1-15(7-8-18(2,16)17)12(9-14)10-5-3-4-6-11(10)13/h3-6,12H,7-9,14H2,1-2H3. The van der Waals surface area contributed by atoms with Crippen LogP contribution in [0.5, 0.6) is 0 Å². The summed E-state index contributed by atoms with van der Waals surface area (Å²) in [6.07, 6.45) is 1.23. The van der Waals surface area contributed by atoms with Crippen LogP contribution >= 0.6 is 11.6 Å². The molecule has 1 rings (SSSR count). The molecule has 1 aromatic carbocycles. The quantitative estimate of drug-likeness (QED) is 0.858. The monoisotopic (exact) mass is 290 g/mol. The minimum atomic E-state index is -2.97. The number of likely N-dealkylation sites (N-methyl/N-ethyl adjacent to an activating group) is 1. The molecule has 0 fully saturated rings. The Morgan fingerprint density at radius 1 is 1.39 bits per heavy atom. The Balaban J connectivity index is 2.81. The van der Waals surface area contributed by atoms with Crippen molar-refractivity contribution in [3.05, 3.63) is 34.9 Å². The average Bonchev–Trinajstić information content (AvgIpc) is 2.29. The molecule has 0 aliphatic rings. The second-order valence-electron chi connectivity index (χ2n) is 4.38. The van der Waals surface area contributed by atoms with Crippen LogP contribution in [-0.4, -0.2) is 45.5 Å². The van der Waals surface area contributed by atoms with E-state index in [0.717, 1.165) is 5.56 Å². The topological polar surface area (TPSA) is 63.4 Å². The van der Waals surface area contributed by atoms with E-state index in [0.29, 0.717) is 18.1 Å². The van der Waals surface area contributed by atoms with Crippen molar-refractivity contribution in [2.24, 2.45) is 5.73 Å². The normalized spacial score (nSPS) is 13.8. The number of hydrogen-bond acceptors (Lipinski definition) is 4. The fraction of sp³-hybridized carbons (Fsp3) is 0.500. The molecular formula is C12H19ClN2O2S. The minimum absolute atomic E-state index is 0.0690. The van der Waals surface area contributed by atoms with Gasteiger partial charge in [-0.05, 0) is 18.7 Å². The highest BCUT2D eigenvalue weighted by Crippen LogP contribution is 2.25. The molecule has 0 aliphatic heterocycles. The highest BCUT2D eigenvalue weighted by Gasteiger charge is 2.18. The van der Waals surface area contributed by atoms with Gasteiger partial charge in [0, 0.05) is 30.4 Å². The van der Waals surface area contributed by atoms with Gasteiger partial charge in [-0.2, -0.15) is 0 Å². The van der Waals surface area contributed by atoms with Crippen molar-refractivity contribution in [3.63, 3.8) is 0 Å². The lowest BCUT2D eigenvalue weighted by atomic mass is 10.1. The lowest BCUT2D eigenvalue weighted by Crippen LogP contribution is -2.34. The zero-order chi connectivity index (χ0) is 13.8. The second-order valence-corrected chi connectivity index (χ2v) is 7.05. The van der Waals surface area contributed by atoms with Gasteiger partial charge >= 0.3 is 0 Å². The number of nitrogens with two attached hydrogens (primary N) is 1. The van der Waals surface area contributed by atoms with Gasteiger partial charge in [-0.3, -0.25) is 4.90 Å². The summed E-state index contributed by atoms with van der Waals surface area (Å²) in [6, 6.07) is 7.41. The van der Waals surface area contributed by atoms with E-state index in [1.807, 2.05) is 36.2 Å². The van der Waals surface area contributed by atoms with Gasteiger partial charge in [-0.25, -0.2) is 8.42 Å². The molecule has 4 nitrogen and oxygen atoms in total. The molecular weight excluding hydrogens is 272 g/mol. The Labute approximate surface area is 114 Å². The molecule has 0 aromatic heterocycles. The summed E-state index contributed by atoms with van der Waals surface area (Å²) in [7, 11) is -1.12. The molecule has 102 valence electrons. The molecule has 18 heavy (non-hydrogen) atoms. The Morgan fingerprint density at radius 2 is 2.00 bits per heavy atom. The van der Waals surface area contributed by atoms with E-state index in [2.05, 4.69) is 0 Å². The van der Waals surface area contributed by atoms with Crippen molar-refractivity contribution in [1.29, 1.82) is 0 Å². The Hall–Kier alpha value is -0.620. The van der Waals surface area contributed by atoms with E-state index >= 15 is 0 Å². The molecule has 0 spiro atoms. The van der Waals surface area contributed by atoms with Crippen molar-refractivity contribution in [3.8, 4) is 0 Å². The van der Waals surface area contributed by atoms with Gasteiger partial charge in [0.15, 0.2) is 0 Å². The maximum Gasteiger partial charge on any atom is 0.148 e. The largest absolute Gasteiger partial charge is 0.329 e. The predicted octanol–water partition coefficient (Wildman–Crippen LogP) is 1.32. The first-order valence-electron chi connectivity index (χ1n) is 5.67. The number of nitrogens with zero attached hydrogens (tertiary/aromatic N) is 1. The molecule has 0 amide bonds. The molecule has 1 aromatic rings. The van der Waals surface area contributed by atoms with Gasteiger partial charge in [0.2, 0.25) is 0 Å². The first kappa shape index (κ1) is 15.4. The maximum atomic E-state index is 11.2. The van der Waals surface area contributed by atoms with Gasteiger partial charge < -0.3 is 5.73 Å². The van der Waals surface area contributed by atoms with Crippen LogP contribution in [0.15, 0.2) is 24.3 Å². The van der Waals surface area contributed by atoms with Gasteiger partial charge in [0.1, 0.15) is 9.84 Å². The third kappa shape index (κ3) is 4.57. The molecule has 1 unspecified atom stereocenters. The van der Waals surface area contributed by atoms with E-state index in [-0.39, 0.29) is 11.8 Å². The Morgan fingerprint density at radius 3 is 2.50 bits per heavy atom. The van der Waals surface area contributed by atoms with Crippen LogP contribution in [-0.2, 0) is 9.84 Å². The maximum absolute atomic E-state index is 11.2. The third-order valence-corrected chi connectivity index (χ3v) is 4.10. The summed E-state index contributed by atoms with van der Waals surface area (Å²) < 4.78 is 22.3. The van der Waals surface area contributed by atoms with Crippen LogP contribution in [0.2, 0.25) is 5.02 Å². The van der Waals surface area contributed by atoms with Gasteiger partial charge in [-0.1, -0.05) is 29.8 Å². The third-order valence-electron chi connectivity index (χ3n) is 2.83. The smallest absolute Gasteiger partial charge is 0.148 e. The molecule has 0 saturated carbocycles. The highest BCUT2D eigenvalue weighted by atomic mass is 35.5. The zero-order valence-electron chi connectivity index (χ0n) is 10.6. The van der Waals surface area contributed by atoms with Crippen LogP contribution in [0, 0.1) is 0 Å². The number of halogens is 1. The first-order valence-corrected chi connectivity index (χ1v) is 8.11. The summed E-state index contributed by atoms with van der Waals surface area (Å²) in [4.78, 5) is 1.92. The lowest BCUT2D eigenvalue weighted by Gasteiger charge is -2.27. The van der Waals surface area contributed by atoms with Crippen LogP contribution < -0.4 is 5.73 Å². The summed E-state index contributed by atoms with van der Waals surface area (Å²) in [5, 5.41) is 0.652. The van der Waals surface area contributed by atoms with E-state index < -0.39 is 9.84 Å². The van der Waals surface area contributed by atoms with Gasteiger partial charge in [0.25, 0.3) is 0 Å². The van der Waals surface area contributed by atoms with Gasteiger partial charge in [0.05, 0.1) is 5.75 Å². The summed E-state index contributed by atoms with van der Waals surface area (Å²) in [5.41, 5.74) is 6.69. The van der Waals surface area contributed by atoms with Crippen molar-refractivity contribution in [1.82, 2.24) is 4.90 Å².